The van der Waals surface area contributed by atoms with Crippen LogP contribution in [0.2, 0.25) is 0 Å². The van der Waals surface area contributed by atoms with Crippen LogP contribution in [0.4, 0.5) is 5.69 Å². The van der Waals surface area contributed by atoms with Crippen molar-refractivity contribution in [2.75, 3.05) is 11.9 Å². The molecule has 0 radical (unpaired) electrons. The lowest BCUT2D eigenvalue weighted by molar-refractivity contribution is 0.754. The van der Waals surface area contributed by atoms with E-state index in [9.17, 15) is 0 Å². The smallest absolute Gasteiger partial charge is 0.161 e. The molecule has 3 rings (SSSR count). The van der Waals surface area contributed by atoms with E-state index in [0.29, 0.717) is 5.25 Å². The number of nitrogens with zero attached hydrogens (tertiary/aromatic N) is 2. The summed E-state index contributed by atoms with van der Waals surface area (Å²) in [5, 5.41) is 7.47. The van der Waals surface area contributed by atoms with Gasteiger partial charge in [-0.15, -0.1) is 0 Å². The zero-order chi connectivity index (χ0) is 13.1. The summed E-state index contributed by atoms with van der Waals surface area (Å²) in [5.41, 5.74) is 1.09. The minimum atomic E-state index is 0.639. The first-order chi connectivity index (χ1) is 9.36. The molecule has 1 N–H and O–H groups in total. The second-order valence-corrected chi connectivity index (χ2v) is 5.99. The molecule has 1 aromatic heterocycles. The summed E-state index contributed by atoms with van der Waals surface area (Å²) in [7, 11) is 0. The Balaban J connectivity index is 1.79. The Hall–Kier alpha value is -1.55. The van der Waals surface area contributed by atoms with Gasteiger partial charge in [0.05, 0.1) is 6.54 Å². The Morgan fingerprint density at radius 1 is 1.37 bits per heavy atom. The highest BCUT2D eigenvalue weighted by atomic mass is 32.2. The zero-order valence-corrected chi connectivity index (χ0v) is 11.8. The number of anilines is 1. The van der Waals surface area contributed by atoms with Gasteiger partial charge in [0.2, 0.25) is 0 Å². The summed E-state index contributed by atoms with van der Waals surface area (Å²) in [5.74, 6) is 0. The molecule has 0 saturated heterocycles. The lowest BCUT2D eigenvalue weighted by Gasteiger charge is -2.10. The Kier molecular flexibility index (Phi) is 3.69. The first-order valence-corrected chi connectivity index (χ1v) is 7.55. The molecular formula is C15H17N3S. The first-order valence-electron chi connectivity index (χ1n) is 6.67. The molecule has 1 aromatic carbocycles. The minimum Gasteiger partial charge on any atom is -0.334 e. The molecule has 0 spiro atoms. The number of hydrogen-bond acceptors (Lipinski definition) is 4. The molecule has 1 aliphatic rings. The van der Waals surface area contributed by atoms with Gasteiger partial charge in [-0.05, 0) is 23.9 Å². The second-order valence-electron chi connectivity index (χ2n) is 4.70. The molecule has 19 heavy (non-hydrogen) atoms. The van der Waals surface area contributed by atoms with E-state index in [1.54, 1.807) is 0 Å². The number of nitrogens with one attached hydrogen (secondary N) is 1. The minimum absolute atomic E-state index is 0.639. The second kappa shape index (κ2) is 5.61. The van der Waals surface area contributed by atoms with Crippen molar-refractivity contribution >= 4 is 33.4 Å². The van der Waals surface area contributed by atoms with Crippen LogP contribution >= 0.6 is 11.8 Å². The van der Waals surface area contributed by atoms with Crippen LogP contribution in [0, 0.1) is 0 Å². The molecule has 2 heterocycles. The highest BCUT2D eigenvalue weighted by Gasteiger charge is 2.19. The standard InChI is InChI=1S/C15H17N3S/c1-2-4-12-9-17-15(19-12)18-14-6-3-5-11-7-8-16-10-13(11)14/h3,5-8,10,12H,2,4,9H2,1H3,(H,17,18). The number of thioether (sulfide) groups is 1. The third-order valence-corrected chi connectivity index (χ3v) is 4.43. The van der Waals surface area contributed by atoms with E-state index in [1.807, 2.05) is 30.2 Å². The largest absolute Gasteiger partial charge is 0.334 e. The number of fused-ring (bicyclic) bond motifs is 1. The number of hydrogen-bond donors (Lipinski definition) is 1. The van der Waals surface area contributed by atoms with E-state index in [4.69, 9.17) is 0 Å². The first kappa shape index (κ1) is 12.5. The van der Waals surface area contributed by atoms with Crippen LogP contribution in [0.5, 0.6) is 0 Å². The van der Waals surface area contributed by atoms with E-state index < -0.39 is 0 Å². The third-order valence-electron chi connectivity index (χ3n) is 3.25. The summed E-state index contributed by atoms with van der Waals surface area (Å²) in [6.07, 6.45) is 6.18. The molecule has 3 nitrogen and oxygen atoms in total. The van der Waals surface area contributed by atoms with Crippen molar-refractivity contribution in [3.8, 4) is 0 Å². The Morgan fingerprint density at radius 2 is 2.32 bits per heavy atom. The number of aliphatic imine (C=N–C) groups is 1. The Labute approximate surface area is 117 Å². The summed E-state index contributed by atoms with van der Waals surface area (Å²) in [6, 6.07) is 8.28. The van der Waals surface area contributed by atoms with Crippen LogP contribution in [0.25, 0.3) is 10.8 Å². The average Bonchev–Trinajstić information content (AvgIpc) is 2.87. The van der Waals surface area contributed by atoms with Crippen molar-refractivity contribution < 1.29 is 0 Å². The van der Waals surface area contributed by atoms with Gasteiger partial charge >= 0.3 is 0 Å². The van der Waals surface area contributed by atoms with Gasteiger partial charge in [0.25, 0.3) is 0 Å². The predicted octanol–water partition coefficient (Wildman–Crippen LogP) is 3.92. The van der Waals surface area contributed by atoms with Crippen molar-refractivity contribution in [1.29, 1.82) is 0 Å². The fourth-order valence-electron chi connectivity index (χ4n) is 2.30. The van der Waals surface area contributed by atoms with E-state index in [1.165, 1.54) is 18.2 Å². The van der Waals surface area contributed by atoms with E-state index in [2.05, 4.69) is 40.4 Å². The van der Waals surface area contributed by atoms with E-state index in [-0.39, 0.29) is 0 Å². The fourth-order valence-corrected chi connectivity index (χ4v) is 3.43. The van der Waals surface area contributed by atoms with Crippen LogP contribution in [-0.4, -0.2) is 21.9 Å². The number of benzene rings is 1. The quantitative estimate of drug-likeness (QED) is 0.919. The third kappa shape index (κ3) is 2.73. The molecule has 0 amide bonds. The van der Waals surface area contributed by atoms with E-state index in [0.717, 1.165) is 22.8 Å². The zero-order valence-electron chi connectivity index (χ0n) is 11.0. The lowest BCUT2D eigenvalue weighted by atomic mass is 10.1. The van der Waals surface area contributed by atoms with Crippen LogP contribution in [-0.2, 0) is 0 Å². The van der Waals surface area contributed by atoms with Gasteiger partial charge in [-0.1, -0.05) is 37.2 Å². The molecular weight excluding hydrogens is 254 g/mol. The number of amidine groups is 1. The maximum atomic E-state index is 4.59. The highest BCUT2D eigenvalue weighted by Crippen LogP contribution is 2.28. The number of rotatable bonds is 3. The summed E-state index contributed by atoms with van der Waals surface area (Å²) < 4.78 is 0. The molecule has 1 aliphatic heterocycles. The number of aromatic nitrogens is 1. The molecule has 0 bridgehead atoms. The fraction of sp³-hybridized carbons (Fsp3) is 0.333. The molecule has 1 atom stereocenters. The normalized spacial score (nSPS) is 18.6. The van der Waals surface area contributed by atoms with Gasteiger partial charge < -0.3 is 5.32 Å². The van der Waals surface area contributed by atoms with Crippen molar-refractivity contribution in [1.82, 2.24) is 4.98 Å². The molecule has 4 heteroatoms. The van der Waals surface area contributed by atoms with Crippen molar-refractivity contribution in [3.05, 3.63) is 36.7 Å². The topological polar surface area (TPSA) is 37.3 Å². The summed E-state index contributed by atoms with van der Waals surface area (Å²) >= 11 is 1.86. The van der Waals surface area contributed by atoms with Crippen molar-refractivity contribution in [3.63, 3.8) is 0 Å². The molecule has 98 valence electrons. The summed E-state index contributed by atoms with van der Waals surface area (Å²) in [4.78, 5) is 8.79. The van der Waals surface area contributed by atoms with Crippen LogP contribution < -0.4 is 5.32 Å². The molecule has 2 aromatic rings. The van der Waals surface area contributed by atoms with Gasteiger partial charge in [-0.25, -0.2) is 0 Å². The molecule has 0 saturated carbocycles. The van der Waals surface area contributed by atoms with Crippen LogP contribution in [0.15, 0.2) is 41.7 Å². The highest BCUT2D eigenvalue weighted by molar-refractivity contribution is 8.15. The van der Waals surface area contributed by atoms with Crippen LogP contribution in [0.3, 0.4) is 0 Å². The average molecular weight is 271 g/mol. The van der Waals surface area contributed by atoms with Gasteiger partial charge in [-0.2, -0.15) is 0 Å². The van der Waals surface area contributed by atoms with Gasteiger partial charge in [-0.3, -0.25) is 9.98 Å². The van der Waals surface area contributed by atoms with Gasteiger partial charge in [0.15, 0.2) is 5.17 Å². The maximum Gasteiger partial charge on any atom is 0.161 e. The molecule has 0 aliphatic carbocycles. The molecule has 0 fully saturated rings. The van der Waals surface area contributed by atoms with Crippen LogP contribution in [0.1, 0.15) is 19.8 Å². The Morgan fingerprint density at radius 3 is 3.21 bits per heavy atom. The monoisotopic (exact) mass is 271 g/mol. The van der Waals surface area contributed by atoms with Crippen molar-refractivity contribution in [2.45, 2.75) is 25.0 Å². The summed E-state index contributed by atoms with van der Waals surface area (Å²) in [6.45, 7) is 3.16. The predicted molar refractivity (Wildman–Crippen MR) is 84.0 cm³/mol. The maximum absolute atomic E-state index is 4.59. The van der Waals surface area contributed by atoms with Crippen molar-refractivity contribution in [2.24, 2.45) is 4.99 Å². The SMILES string of the molecule is CCCC1CN=C(Nc2cccc3ccncc23)S1. The van der Waals surface area contributed by atoms with E-state index >= 15 is 0 Å². The lowest BCUT2D eigenvalue weighted by Crippen LogP contribution is -2.07. The van der Waals surface area contributed by atoms with Gasteiger partial charge in [0.1, 0.15) is 0 Å². The Bertz CT molecular complexity index is 604. The van der Waals surface area contributed by atoms with Gasteiger partial charge in [0, 0.05) is 28.7 Å². The number of pyridine rings is 1. The molecule has 1 unspecified atom stereocenters.